The van der Waals surface area contributed by atoms with Gasteiger partial charge in [0.05, 0.1) is 6.10 Å². The van der Waals surface area contributed by atoms with Crippen molar-refractivity contribution in [2.24, 2.45) is 0 Å². The van der Waals surface area contributed by atoms with Gasteiger partial charge in [-0.1, -0.05) is 15.9 Å². The van der Waals surface area contributed by atoms with E-state index in [0.717, 1.165) is 19.4 Å². The number of alkyl halides is 1. The zero-order valence-corrected chi connectivity index (χ0v) is 7.80. The normalized spacial score (nSPS) is 23.5. The second-order valence-electron chi connectivity index (χ2n) is 2.45. The molecule has 11 heavy (non-hydrogen) atoms. The van der Waals surface area contributed by atoms with Crippen LogP contribution in [0.2, 0.25) is 0 Å². The summed E-state index contributed by atoms with van der Waals surface area (Å²) in [5.74, 6) is -0.222. The van der Waals surface area contributed by atoms with Gasteiger partial charge in [-0.15, -0.1) is 0 Å². The van der Waals surface area contributed by atoms with E-state index in [-0.39, 0.29) is 17.4 Å². The number of carbonyl (C=O) groups excluding carboxylic acids is 1. The number of hydrogen-bond donors (Lipinski definition) is 0. The molecule has 0 aliphatic carbocycles. The van der Waals surface area contributed by atoms with E-state index in [9.17, 15) is 4.79 Å². The molecule has 1 heterocycles. The van der Waals surface area contributed by atoms with Crippen LogP contribution in [0.4, 0.5) is 0 Å². The van der Waals surface area contributed by atoms with Crippen LogP contribution in [0.15, 0.2) is 0 Å². The lowest BCUT2D eigenvalue weighted by Crippen LogP contribution is -2.18. The first-order valence-corrected chi connectivity index (χ1v) is 4.78. The Labute approximate surface area is 74.2 Å². The van der Waals surface area contributed by atoms with Crippen molar-refractivity contribution in [3.63, 3.8) is 0 Å². The third-order valence-corrected chi connectivity index (χ3v) is 2.02. The SMILES string of the molecule is O=C(CBr)OC[C@@H]1CCCO1. The van der Waals surface area contributed by atoms with E-state index in [4.69, 9.17) is 9.47 Å². The lowest BCUT2D eigenvalue weighted by molar-refractivity contribution is -0.143. The molecule has 0 unspecified atom stereocenters. The molecule has 0 saturated carbocycles. The molecule has 3 nitrogen and oxygen atoms in total. The standard InChI is InChI=1S/C7H11BrO3/c8-4-7(9)11-5-6-2-1-3-10-6/h6H,1-5H2/t6-/m0/s1. The minimum Gasteiger partial charge on any atom is -0.462 e. The van der Waals surface area contributed by atoms with Gasteiger partial charge in [-0.2, -0.15) is 0 Å². The third kappa shape index (κ3) is 3.20. The summed E-state index contributed by atoms with van der Waals surface area (Å²) >= 11 is 3.01. The Bertz CT molecular complexity index is 132. The fraction of sp³-hybridized carbons (Fsp3) is 0.857. The number of esters is 1. The van der Waals surface area contributed by atoms with E-state index >= 15 is 0 Å². The number of ether oxygens (including phenoxy) is 2. The number of rotatable bonds is 3. The first-order chi connectivity index (χ1) is 5.33. The molecule has 1 fully saturated rings. The van der Waals surface area contributed by atoms with Gasteiger partial charge in [-0.3, -0.25) is 4.79 Å². The Morgan fingerprint density at radius 1 is 1.73 bits per heavy atom. The maximum Gasteiger partial charge on any atom is 0.316 e. The van der Waals surface area contributed by atoms with E-state index < -0.39 is 0 Å². The van der Waals surface area contributed by atoms with Gasteiger partial charge < -0.3 is 9.47 Å². The van der Waals surface area contributed by atoms with Crippen molar-refractivity contribution in [2.45, 2.75) is 18.9 Å². The van der Waals surface area contributed by atoms with Crippen molar-refractivity contribution in [3.05, 3.63) is 0 Å². The van der Waals surface area contributed by atoms with Gasteiger partial charge >= 0.3 is 5.97 Å². The highest BCUT2D eigenvalue weighted by molar-refractivity contribution is 9.09. The molecule has 1 atom stereocenters. The molecule has 0 amide bonds. The zero-order valence-electron chi connectivity index (χ0n) is 6.22. The van der Waals surface area contributed by atoms with Gasteiger partial charge in [0.15, 0.2) is 0 Å². The predicted molar refractivity (Wildman–Crippen MR) is 43.7 cm³/mol. The Balaban J connectivity index is 2.06. The summed E-state index contributed by atoms with van der Waals surface area (Å²) in [6, 6.07) is 0. The highest BCUT2D eigenvalue weighted by Gasteiger charge is 2.16. The van der Waals surface area contributed by atoms with Crippen LogP contribution in [-0.4, -0.2) is 30.6 Å². The van der Waals surface area contributed by atoms with E-state index in [1.807, 2.05) is 0 Å². The van der Waals surface area contributed by atoms with Crippen LogP contribution >= 0.6 is 15.9 Å². The van der Waals surface area contributed by atoms with Crippen molar-refractivity contribution in [1.82, 2.24) is 0 Å². The molecule has 4 heteroatoms. The summed E-state index contributed by atoms with van der Waals surface area (Å²) in [6.45, 7) is 1.21. The molecule has 0 N–H and O–H groups in total. The second kappa shape index (κ2) is 4.72. The highest BCUT2D eigenvalue weighted by Crippen LogP contribution is 2.11. The van der Waals surface area contributed by atoms with E-state index in [2.05, 4.69) is 15.9 Å². The topological polar surface area (TPSA) is 35.5 Å². The van der Waals surface area contributed by atoms with Crippen molar-refractivity contribution in [3.8, 4) is 0 Å². The van der Waals surface area contributed by atoms with Crippen LogP contribution in [0.1, 0.15) is 12.8 Å². The largest absolute Gasteiger partial charge is 0.462 e. The summed E-state index contributed by atoms with van der Waals surface area (Å²) < 4.78 is 10.1. The summed E-state index contributed by atoms with van der Waals surface area (Å²) in [7, 11) is 0. The van der Waals surface area contributed by atoms with Crippen molar-refractivity contribution >= 4 is 21.9 Å². The van der Waals surface area contributed by atoms with E-state index in [0.29, 0.717) is 6.61 Å². The van der Waals surface area contributed by atoms with Crippen LogP contribution in [-0.2, 0) is 14.3 Å². The fourth-order valence-electron chi connectivity index (χ4n) is 1.00. The monoisotopic (exact) mass is 222 g/mol. The van der Waals surface area contributed by atoms with Gasteiger partial charge in [0, 0.05) is 6.61 Å². The molecule has 0 aromatic rings. The van der Waals surface area contributed by atoms with Gasteiger partial charge in [-0.05, 0) is 12.8 Å². The fourth-order valence-corrected chi connectivity index (χ4v) is 1.16. The molecule has 0 aromatic heterocycles. The first-order valence-electron chi connectivity index (χ1n) is 3.66. The van der Waals surface area contributed by atoms with Crippen LogP contribution in [0.5, 0.6) is 0 Å². The Kier molecular flexibility index (Phi) is 3.86. The third-order valence-electron chi connectivity index (χ3n) is 1.56. The van der Waals surface area contributed by atoms with Crippen LogP contribution < -0.4 is 0 Å². The van der Waals surface area contributed by atoms with Gasteiger partial charge in [0.25, 0.3) is 0 Å². The number of carbonyl (C=O) groups is 1. The highest BCUT2D eigenvalue weighted by atomic mass is 79.9. The molecule has 0 radical (unpaired) electrons. The quantitative estimate of drug-likeness (QED) is 0.531. The summed E-state index contributed by atoms with van der Waals surface area (Å²) in [5, 5.41) is 0.264. The lowest BCUT2D eigenvalue weighted by Gasteiger charge is -2.08. The summed E-state index contributed by atoms with van der Waals surface area (Å²) in [4.78, 5) is 10.6. The molecule has 1 rings (SSSR count). The second-order valence-corrected chi connectivity index (χ2v) is 3.01. The predicted octanol–water partition coefficient (Wildman–Crippen LogP) is 1.10. The number of halogens is 1. The molecule has 0 bridgehead atoms. The van der Waals surface area contributed by atoms with Crippen LogP contribution in [0.3, 0.4) is 0 Å². The van der Waals surface area contributed by atoms with Gasteiger partial charge in [0.1, 0.15) is 11.9 Å². The molecule has 0 spiro atoms. The summed E-state index contributed by atoms with van der Waals surface area (Å²) in [6.07, 6.45) is 2.23. The van der Waals surface area contributed by atoms with Crippen molar-refractivity contribution in [1.29, 1.82) is 0 Å². The minimum absolute atomic E-state index is 0.137. The average Bonchev–Trinajstić information content (AvgIpc) is 2.52. The Morgan fingerprint density at radius 2 is 2.55 bits per heavy atom. The van der Waals surface area contributed by atoms with Crippen molar-refractivity contribution < 1.29 is 14.3 Å². The summed E-state index contributed by atoms with van der Waals surface area (Å²) in [5.41, 5.74) is 0. The van der Waals surface area contributed by atoms with Crippen LogP contribution in [0.25, 0.3) is 0 Å². The minimum atomic E-state index is -0.222. The molecule has 64 valence electrons. The Hall–Kier alpha value is -0.0900. The van der Waals surface area contributed by atoms with E-state index in [1.165, 1.54) is 0 Å². The molecular weight excluding hydrogens is 212 g/mol. The molecule has 1 aliphatic rings. The molecular formula is C7H11BrO3. The molecule has 0 aromatic carbocycles. The van der Waals surface area contributed by atoms with Gasteiger partial charge in [0.2, 0.25) is 0 Å². The van der Waals surface area contributed by atoms with Crippen LogP contribution in [0, 0.1) is 0 Å². The smallest absolute Gasteiger partial charge is 0.316 e. The molecule has 1 saturated heterocycles. The average molecular weight is 223 g/mol. The van der Waals surface area contributed by atoms with Gasteiger partial charge in [-0.25, -0.2) is 0 Å². The number of hydrogen-bond acceptors (Lipinski definition) is 3. The zero-order chi connectivity index (χ0) is 8.10. The molecule has 1 aliphatic heterocycles. The Morgan fingerprint density at radius 3 is 3.09 bits per heavy atom. The van der Waals surface area contributed by atoms with Crippen molar-refractivity contribution in [2.75, 3.05) is 18.5 Å². The lowest BCUT2D eigenvalue weighted by atomic mass is 10.2. The maximum atomic E-state index is 10.6. The van der Waals surface area contributed by atoms with E-state index in [1.54, 1.807) is 0 Å². The maximum absolute atomic E-state index is 10.6. The first kappa shape index (κ1) is 9.00.